The van der Waals surface area contributed by atoms with E-state index in [0.717, 1.165) is 12.8 Å². The van der Waals surface area contributed by atoms with Crippen molar-refractivity contribution in [2.75, 3.05) is 7.11 Å². The molecule has 0 bridgehead atoms. The van der Waals surface area contributed by atoms with Gasteiger partial charge >= 0.3 is 5.97 Å². The summed E-state index contributed by atoms with van der Waals surface area (Å²) in [5.41, 5.74) is 2.54. The van der Waals surface area contributed by atoms with Crippen LogP contribution in [-0.4, -0.2) is 27.5 Å². The summed E-state index contributed by atoms with van der Waals surface area (Å²) in [4.78, 5) is 11.4. The van der Waals surface area contributed by atoms with Crippen molar-refractivity contribution in [3.63, 3.8) is 0 Å². The Balaban J connectivity index is 2.98. The molecule has 132 valence electrons. The highest BCUT2D eigenvalue weighted by Gasteiger charge is 2.42. The molecule has 4 heteroatoms. The lowest BCUT2D eigenvalue weighted by molar-refractivity contribution is -0.134. The highest BCUT2D eigenvalue weighted by atomic mass is 28.4. The van der Waals surface area contributed by atoms with Gasteiger partial charge in [0.05, 0.1) is 7.11 Å². The van der Waals surface area contributed by atoms with E-state index in [1.165, 1.54) is 24.3 Å². The van der Waals surface area contributed by atoms with Gasteiger partial charge in [0.15, 0.2) is 8.32 Å². The molecule has 0 N–H and O–H groups in total. The van der Waals surface area contributed by atoms with Gasteiger partial charge in [0, 0.05) is 12.2 Å². The second-order valence-electron chi connectivity index (χ2n) is 8.84. The van der Waals surface area contributed by atoms with Crippen LogP contribution in [0.5, 0.6) is 0 Å². The van der Waals surface area contributed by atoms with E-state index in [2.05, 4.69) is 54.6 Å². The van der Waals surface area contributed by atoms with Crippen LogP contribution in [0.4, 0.5) is 0 Å². The Kier molecular flexibility index (Phi) is 6.08. The fraction of sp³-hybridized carbons (Fsp3) is 0.737. The summed E-state index contributed by atoms with van der Waals surface area (Å²) in [5, 5.41) is 0.222. The standard InChI is InChI=1S/C19H34O3Si/c1-14-12-15(22-23(8,9)18(2,3)4)13-19(5,6)16(14)10-11-17(20)21-7/h10-11,15H,12-13H2,1-9H3/b11-10+/t15-/m0/s1. The van der Waals surface area contributed by atoms with Gasteiger partial charge in [-0.15, -0.1) is 0 Å². The number of carbonyl (C=O) groups is 1. The van der Waals surface area contributed by atoms with Crippen molar-refractivity contribution in [1.82, 2.24) is 0 Å². The van der Waals surface area contributed by atoms with Gasteiger partial charge in [0.25, 0.3) is 0 Å². The summed E-state index contributed by atoms with van der Waals surface area (Å²) in [6, 6.07) is 0. The maximum Gasteiger partial charge on any atom is 0.330 e. The van der Waals surface area contributed by atoms with Gasteiger partial charge < -0.3 is 9.16 Å². The van der Waals surface area contributed by atoms with Crippen LogP contribution < -0.4 is 0 Å². The third-order valence-corrected chi connectivity index (χ3v) is 9.85. The molecule has 3 nitrogen and oxygen atoms in total. The van der Waals surface area contributed by atoms with Crippen molar-refractivity contribution < 1.29 is 14.0 Å². The van der Waals surface area contributed by atoms with Crippen LogP contribution in [0.2, 0.25) is 18.1 Å². The smallest absolute Gasteiger partial charge is 0.330 e. The molecular weight excluding hydrogens is 304 g/mol. The summed E-state index contributed by atoms with van der Waals surface area (Å²) in [6.45, 7) is 18.1. The van der Waals surface area contributed by atoms with Crippen LogP contribution >= 0.6 is 0 Å². The average molecular weight is 339 g/mol. The minimum absolute atomic E-state index is 0.000113. The third kappa shape index (κ3) is 5.05. The molecule has 1 rings (SSSR count). The molecule has 1 aliphatic rings. The average Bonchev–Trinajstić information content (AvgIpc) is 2.34. The topological polar surface area (TPSA) is 35.5 Å². The number of ether oxygens (including phenoxy) is 1. The highest BCUT2D eigenvalue weighted by molar-refractivity contribution is 6.74. The van der Waals surface area contributed by atoms with Gasteiger partial charge in [-0.05, 0) is 48.9 Å². The Morgan fingerprint density at radius 3 is 2.30 bits per heavy atom. The molecule has 0 aromatic rings. The molecule has 0 fully saturated rings. The molecule has 0 heterocycles. The SMILES string of the molecule is COC(=O)/C=C/C1=C(C)C[C@H](O[Si](C)(C)C(C)(C)C)CC1(C)C. The van der Waals surface area contributed by atoms with Gasteiger partial charge in [-0.1, -0.05) is 46.3 Å². The van der Waals surface area contributed by atoms with E-state index in [0.29, 0.717) is 0 Å². The van der Waals surface area contributed by atoms with Crippen molar-refractivity contribution in [2.45, 2.75) is 78.6 Å². The van der Waals surface area contributed by atoms with Crippen LogP contribution in [0.25, 0.3) is 0 Å². The first-order valence-corrected chi connectivity index (χ1v) is 11.3. The van der Waals surface area contributed by atoms with Crippen molar-refractivity contribution in [1.29, 1.82) is 0 Å². The number of methoxy groups -OCH3 is 1. The maximum absolute atomic E-state index is 11.4. The van der Waals surface area contributed by atoms with E-state index in [1.807, 2.05) is 6.08 Å². The van der Waals surface area contributed by atoms with Crippen LogP contribution in [0, 0.1) is 5.41 Å². The van der Waals surface area contributed by atoms with Gasteiger partial charge in [-0.3, -0.25) is 0 Å². The zero-order valence-corrected chi connectivity index (χ0v) is 17.4. The van der Waals surface area contributed by atoms with E-state index in [9.17, 15) is 4.79 Å². The van der Waals surface area contributed by atoms with Crippen molar-refractivity contribution in [3.8, 4) is 0 Å². The van der Waals surface area contributed by atoms with E-state index in [1.54, 1.807) is 0 Å². The first kappa shape index (κ1) is 20.2. The van der Waals surface area contributed by atoms with Crippen LogP contribution in [0.3, 0.4) is 0 Å². The zero-order valence-electron chi connectivity index (χ0n) is 16.4. The second-order valence-corrected chi connectivity index (χ2v) is 13.6. The number of carbonyl (C=O) groups excluding carboxylic acids is 1. The van der Waals surface area contributed by atoms with E-state index in [4.69, 9.17) is 9.16 Å². The van der Waals surface area contributed by atoms with Crippen LogP contribution in [-0.2, 0) is 14.0 Å². The zero-order chi connectivity index (χ0) is 18.1. The normalized spacial score (nSPS) is 22.6. The minimum atomic E-state index is -1.76. The van der Waals surface area contributed by atoms with E-state index >= 15 is 0 Å². The third-order valence-electron chi connectivity index (χ3n) is 5.32. The molecule has 0 saturated heterocycles. The molecule has 23 heavy (non-hydrogen) atoms. The Morgan fingerprint density at radius 1 is 1.30 bits per heavy atom. The van der Waals surface area contributed by atoms with Gasteiger partial charge in [0.2, 0.25) is 0 Å². The first-order chi connectivity index (χ1) is 10.3. The summed E-state index contributed by atoms with van der Waals surface area (Å²) in [5.74, 6) is -0.305. The Labute approximate surface area is 143 Å². The molecular formula is C19H34O3Si. The molecule has 0 aromatic carbocycles. The number of hydrogen-bond donors (Lipinski definition) is 0. The molecule has 0 unspecified atom stereocenters. The molecule has 0 saturated carbocycles. The highest BCUT2D eigenvalue weighted by Crippen LogP contribution is 2.45. The molecule has 0 aromatic heterocycles. The molecule has 0 spiro atoms. The Morgan fingerprint density at radius 2 is 1.87 bits per heavy atom. The summed E-state index contributed by atoms with van der Waals surface area (Å²) in [6.07, 6.45) is 5.63. The van der Waals surface area contributed by atoms with Crippen molar-refractivity contribution in [2.24, 2.45) is 5.41 Å². The summed E-state index contributed by atoms with van der Waals surface area (Å²) in [7, 11) is -0.358. The van der Waals surface area contributed by atoms with E-state index in [-0.39, 0.29) is 22.5 Å². The fourth-order valence-electron chi connectivity index (χ4n) is 3.04. The minimum Gasteiger partial charge on any atom is -0.466 e. The molecule has 0 aliphatic heterocycles. The predicted octanol–water partition coefficient (Wildman–Crippen LogP) is 5.24. The molecule has 1 aliphatic carbocycles. The molecule has 0 radical (unpaired) electrons. The monoisotopic (exact) mass is 338 g/mol. The lowest BCUT2D eigenvalue weighted by atomic mass is 9.71. The largest absolute Gasteiger partial charge is 0.466 e. The van der Waals surface area contributed by atoms with Gasteiger partial charge in [0.1, 0.15) is 0 Å². The summed E-state index contributed by atoms with van der Waals surface area (Å²) < 4.78 is 11.3. The quantitative estimate of drug-likeness (QED) is 0.399. The van der Waals surface area contributed by atoms with Gasteiger partial charge in [-0.2, -0.15) is 0 Å². The van der Waals surface area contributed by atoms with Crippen molar-refractivity contribution in [3.05, 3.63) is 23.3 Å². The van der Waals surface area contributed by atoms with Crippen molar-refractivity contribution >= 4 is 14.3 Å². The number of rotatable bonds is 4. The van der Waals surface area contributed by atoms with Crippen LogP contribution in [0.1, 0.15) is 54.4 Å². The van der Waals surface area contributed by atoms with E-state index < -0.39 is 8.32 Å². The molecule has 1 atom stereocenters. The fourth-order valence-corrected chi connectivity index (χ4v) is 4.40. The number of esters is 1. The lowest BCUT2D eigenvalue weighted by Crippen LogP contribution is -2.46. The Hall–Kier alpha value is -0.873. The summed E-state index contributed by atoms with van der Waals surface area (Å²) >= 11 is 0. The Bertz CT molecular complexity index is 507. The van der Waals surface area contributed by atoms with Gasteiger partial charge in [-0.25, -0.2) is 4.79 Å². The lowest BCUT2D eigenvalue weighted by Gasteiger charge is -2.44. The number of hydrogen-bond acceptors (Lipinski definition) is 3. The second kappa shape index (κ2) is 6.94. The number of allylic oxidation sites excluding steroid dienone is 2. The maximum atomic E-state index is 11.4. The van der Waals surface area contributed by atoms with Crippen LogP contribution in [0.15, 0.2) is 23.3 Å². The molecule has 0 amide bonds. The predicted molar refractivity (Wildman–Crippen MR) is 98.9 cm³/mol. The first-order valence-electron chi connectivity index (χ1n) is 8.44.